The molecule has 8 rings (SSSR count). The molecule has 0 radical (unpaired) electrons. The van der Waals surface area contributed by atoms with Gasteiger partial charge in [-0.2, -0.15) is 0 Å². The summed E-state index contributed by atoms with van der Waals surface area (Å²) in [6.45, 7) is 12.5. The summed E-state index contributed by atoms with van der Waals surface area (Å²) in [5.74, 6) is 3.96. The summed E-state index contributed by atoms with van der Waals surface area (Å²) in [6, 6.07) is 8.13. The molecule has 0 atom stereocenters. The molecule has 1 N–H and O–H groups in total. The maximum absolute atomic E-state index is 10.8. The van der Waals surface area contributed by atoms with Crippen LogP contribution in [0.25, 0.3) is 55.8 Å². The van der Waals surface area contributed by atoms with E-state index in [-0.39, 0.29) is 12.0 Å². The largest absolute Gasteiger partial charge is 0.496 e. The molecule has 38 heavy (non-hydrogen) atoms. The van der Waals surface area contributed by atoms with Gasteiger partial charge in [0.15, 0.2) is 22.3 Å². The van der Waals surface area contributed by atoms with Crippen molar-refractivity contribution in [3.63, 3.8) is 0 Å². The van der Waals surface area contributed by atoms with Crippen LogP contribution in [0, 0.1) is 13.8 Å². The van der Waals surface area contributed by atoms with Gasteiger partial charge in [0.05, 0.1) is 24.8 Å². The van der Waals surface area contributed by atoms with Gasteiger partial charge in [0.1, 0.15) is 28.8 Å². The first kappa shape index (κ1) is 22.1. The molecule has 0 unspecified atom stereocenters. The summed E-state index contributed by atoms with van der Waals surface area (Å²) in [4.78, 5) is 0. The molecule has 2 aliphatic rings. The summed E-state index contributed by atoms with van der Waals surface area (Å²) < 4.78 is 31.3. The molecule has 0 fully saturated rings. The van der Waals surface area contributed by atoms with Crippen LogP contribution in [0.4, 0.5) is 0 Å². The van der Waals surface area contributed by atoms with Gasteiger partial charge < -0.3 is 27.5 Å². The number of fused-ring (bicyclic) bond motifs is 13. The number of furan rings is 4. The number of rotatable bonds is 2. The third kappa shape index (κ3) is 2.30. The van der Waals surface area contributed by atoms with Crippen LogP contribution in [-0.2, 0) is 17.4 Å². The van der Waals surface area contributed by atoms with Crippen molar-refractivity contribution in [2.24, 2.45) is 0 Å². The van der Waals surface area contributed by atoms with Gasteiger partial charge in [-0.25, -0.2) is 0 Å². The molecular formula is C32H28O6. The summed E-state index contributed by atoms with van der Waals surface area (Å²) in [7, 11) is 1.70. The van der Waals surface area contributed by atoms with E-state index in [4.69, 9.17) is 22.4 Å². The molecule has 192 valence electrons. The number of aryl methyl sites for hydroxylation is 2. The second-order valence-electron chi connectivity index (χ2n) is 11.8. The van der Waals surface area contributed by atoms with E-state index in [1.54, 1.807) is 7.11 Å². The fourth-order valence-corrected chi connectivity index (χ4v) is 7.19. The molecule has 0 aliphatic heterocycles. The second-order valence-corrected chi connectivity index (χ2v) is 11.8. The van der Waals surface area contributed by atoms with Crippen LogP contribution in [0.1, 0.15) is 67.0 Å². The monoisotopic (exact) mass is 508 g/mol. The van der Waals surface area contributed by atoms with Crippen LogP contribution in [-0.4, -0.2) is 12.2 Å². The number of aliphatic hydroxyl groups is 1. The average molecular weight is 509 g/mol. The number of benzene rings is 2. The quantitative estimate of drug-likeness (QED) is 0.254. The Balaban J connectivity index is 1.58. The number of ether oxygens (including phenoxy) is 1. The van der Waals surface area contributed by atoms with Crippen LogP contribution >= 0.6 is 0 Å². The predicted octanol–water partition coefficient (Wildman–Crippen LogP) is 8.25. The number of hydrogen-bond donors (Lipinski definition) is 1. The fourth-order valence-electron chi connectivity index (χ4n) is 7.19. The molecule has 2 aromatic carbocycles. The van der Waals surface area contributed by atoms with Gasteiger partial charge in [0.2, 0.25) is 0 Å². The zero-order chi connectivity index (χ0) is 26.5. The first-order chi connectivity index (χ1) is 18.1. The highest BCUT2D eigenvalue weighted by Gasteiger charge is 2.47. The van der Waals surface area contributed by atoms with Crippen molar-refractivity contribution in [2.45, 2.75) is 59.0 Å². The molecule has 6 aromatic rings. The lowest BCUT2D eigenvalue weighted by molar-refractivity contribution is 0.283. The summed E-state index contributed by atoms with van der Waals surface area (Å²) in [6.07, 6.45) is 0. The van der Waals surface area contributed by atoms with Crippen LogP contribution in [0.5, 0.6) is 5.75 Å². The Bertz CT molecular complexity index is 1870. The van der Waals surface area contributed by atoms with Crippen LogP contribution < -0.4 is 4.74 Å². The smallest absolute Gasteiger partial charge is 0.177 e. The number of hydrogen-bond acceptors (Lipinski definition) is 6. The first-order valence-corrected chi connectivity index (χ1v) is 13.0. The standard InChI is InChI=1S/C32H28O6/c1-13-8-19-27(35-13)25-29(37-19)22-17(32(25,5)6)11-18(34-7)24-21(22)15(12-33)10-16-23(24)30-26(31(16,3)4)28-20(38-30)9-14(2)36-28/h8-11,33H,12H2,1-7H3. The predicted molar refractivity (Wildman–Crippen MR) is 145 cm³/mol. The average Bonchev–Trinajstić information content (AvgIpc) is 3.64. The molecule has 0 bridgehead atoms. The molecular weight excluding hydrogens is 480 g/mol. The van der Waals surface area contributed by atoms with Crippen molar-refractivity contribution in [2.75, 3.05) is 7.11 Å². The third-order valence-electron chi connectivity index (χ3n) is 8.87. The molecule has 6 nitrogen and oxygen atoms in total. The summed E-state index contributed by atoms with van der Waals surface area (Å²) in [5.41, 5.74) is 9.28. The highest BCUT2D eigenvalue weighted by atomic mass is 16.5. The van der Waals surface area contributed by atoms with Crippen LogP contribution in [0.15, 0.2) is 41.9 Å². The number of methoxy groups -OCH3 is 1. The van der Waals surface area contributed by atoms with Crippen molar-refractivity contribution < 1.29 is 27.5 Å². The maximum Gasteiger partial charge on any atom is 0.177 e. The van der Waals surface area contributed by atoms with Crippen LogP contribution in [0.3, 0.4) is 0 Å². The minimum atomic E-state index is -0.394. The normalized spacial score (nSPS) is 16.4. The van der Waals surface area contributed by atoms with E-state index >= 15 is 0 Å². The van der Waals surface area contributed by atoms with Gasteiger partial charge in [-0.05, 0) is 36.6 Å². The second kappa shape index (κ2) is 6.56. The highest BCUT2D eigenvalue weighted by molar-refractivity contribution is 6.15. The SMILES string of the molecule is COc1cc2c(c3c(CO)cc4c(c13)-c1oc3cc(C)oc3c1C4(C)C)-c1oc3cc(C)oc3c1C2(C)C. The molecule has 0 saturated carbocycles. The molecule has 0 amide bonds. The molecule has 4 heterocycles. The minimum absolute atomic E-state index is 0.123. The molecule has 6 heteroatoms. The Hall–Kier alpha value is -3.90. The fraction of sp³-hybridized carbons (Fsp3) is 0.312. The molecule has 0 spiro atoms. The highest BCUT2D eigenvalue weighted by Crippen LogP contribution is 2.62. The Morgan fingerprint density at radius 1 is 0.711 bits per heavy atom. The van der Waals surface area contributed by atoms with E-state index < -0.39 is 5.41 Å². The van der Waals surface area contributed by atoms with Gasteiger partial charge in [-0.15, -0.1) is 0 Å². The van der Waals surface area contributed by atoms with Gasteiger partial charge in [0, 0.05) is 44.9 Å². The topological polar surface area (TPSA) is 82.0 Å². The summed E-state index contributed by atoms with van der Waals surface area (Å²) >= 11 is 0. The first-order valence-electron chi connectivity index (χ1n) is 13.0. The zero-order valence-electron chi connectivity index (χ0n) is 22.5. The van der Waals surface area contributed by atoms with Crippen LogP contribution in [0.2, 0.25) is 0 Å². The van der Waals surface area contributed by atoms with E-state index in [1.807, 2.05) is 26.0 Å². The van der Waals surface area contributed by atoms with Gasteiger partial charge in [0.25, 0.3) is 0 Å². The Morgan fingerprint density at radius 3 is 1.71 bits per heavy atom. The van der Waals surface area contributed by atoms with Gasteiger partial charge in [-0.3, -0.25) is 0 Å². The van der Waals surface area contributed by atoms with Crippen molar-refractivity contribution in [3.8, 4) is 28.4 Å². The Morgan fingerprint density at radius 2 is 1.21 bits per heavy atom. The van der Waals surface area contributed by atoms with Crippen molar-refractivity contribution in [3.05, 3.63) is 63.6 Å². The van der Waals surface area contributed by atoms with Gasteiger partial charge in [-0.1, -0.05) is 33.8 Å². The lowest BCUT2D eigenvalue weighted by Crippen LogP contribution is -2.16. The molecule has 0 saturated heterocycles. The van der Waals surface area contributed by atoms with E-state index in [1.165, 1.54) is 0 Å². The Labute approximate surface area is 218 Å². The molecule has 4 aromatic heterocycles. The van der Waals surface area contributed by atoms with Crippen molar-refractivity contribution >= 4 is 33.1 Å². The lowest BCUT2D eigenvalue weighted by Gasteiger charge is -2.25. The van der Waals surface area contributed by atoms with E-state index in [2.05, 4.69) is 39.8 Å². The minimum Gasteiger partial charge on any atom is -0.496 e. The zero-order valence-corrected chi connectivity index (χ0v) is 22.5. The van der Waals surface area contributed by atoms with Gasteiger partial charge >= 0.3 is 0 Å². The Kier molecular flexibility index (Phi) is 3.82. The van der Waals surface area contributed by atoms with E-state index in [9.17, 15) is 5.11 Å². The van der Waals surface area contributed by atoms with Crippen molar-refractivity contribution in [1.29, 1.82) is 0 Å². The van der Waals surface area contributed by atoms with Crippen molar-refractivity contribution in [1.82, 2.24) is 0 Å². The number of aliphatic hydroxyl groups excluding tert-OH is 1. The van der Waals surface area contributed by atoms with E-state index in [0.29, 0.717) is 0 Å². The molecule has 2 aliphatic carbocycles. The maximum atomic E-state index is 10.8. The summed E-state index contributed by atoms with van der Waals surface area (Å²) in [5, 5.41) is 12.6. The van der Waals surface area contributed by atoms with E-state index in [0.717, 1.165) is 101 Å². The lowest BCUT2D eigenvalue weighted by atomic mass is 9.78. The third-order valence-corrected chi connectivity index (χ3v) is 8.87.